The van der Waals surface area contributed by atoms with E-state index in [-0.39, 0.29) is 21.7 Å². The van der Waals surface area contributed by atoms with Crippen LogP contribution in [0.2, 0.25) is 0 Å². The molecule has 348 valence electrons. The van der Waals surface area contributed by atoms with Gasteiger partial charge in [-0.1, -0.05) is 209 Å². The molecule has 1 aromatic heterocycles. The van der Waals surface area contributed by atoms with Crippen molar-refractivity contribution in [3.63, 3.8) is 0 Å². The van der Waals surface area contributed by atoms with Crippen LogP contribution in [0, 0.1) is 0 Å². The highest BCUT2D eigenvalue weighted by Crippen LogP contribution is 2.60. The van der Waals surface area contributed by atoms with E-state index in [1.165, 1.54) is 105 Å². The zero-order valence-electron chi connectivity index (χ0n) is 42.8. The van der Waals surface area contributed by atoms with E-state index in [2.05, 4.69) is 262 Å². The fourth-order valence-corrected chi connectivity index (χ4v) is 13.2. The third-order valence-corrected chi connectivity index (χ3v) is 16.8. The Kier molecular flexibility index (Phi) is 9.09. The van der Waals surface area contributed by atoms with Crippen molar-refractivity contribution < 1.29 is 4.42 Å². The lowest BCUT2D eigenvalue weighted by atomic mass is 9.67. The second-order valence-electron chi connectivity index (χ2n) is 23.7. The summed E-state index contributed by atoms with van der Waals surface area (Å²) in [7, 11) is 0. The maximum absolute atomic E-state index is 7.05. The van der Waals surface area contributed by atoms with Crippen molar-refractivity contribution in [1.82, 2.24) is 0 Å². The highest BCUT2D eigenvalue weighted by molar-refractivity contribution is 6.09. The summed E-state index contributed by atoms with van der Waals surface area (Å²) in [6.07, 6.45) is 0. The maximum atomic E-state index is 7.05. The molecule has 0 saturated carbocycles. The average molecular weight is 920 g/mol. The van der Waals surface area contributed by atoms with Crippen molar-refractivity contribution in [2.24, 2.45) is 0 Å². The molecule has 0 spiro atoms. The molecule has 3 aliphatic rings. The predicted molar refractivity (Wildman–Crippen MR) is 298 cm³/mol. The van der Waals surface area contributed by atoms with Crippen LogP contribution in [0.4, 0.5) is 17.1 Å². The SMILES string of the molecule is CC(C)(C)c1cc(C(C)(C)C)c2oc3cc4c(cc3c2c1)-c1cccc(N(c2cccc(C3(c5ccccc5)c5ccccc5-c5ccccc53)c2)c2ccc3c(c2)C(C)(C)c2ccccc2-3)c1C4(C)C. The lowest BCUT2D eigenvalue weighted by Gasteiger charge is -2.36. The fraction of sp³-hybridized carbons (Fsp3) is 0.217. The summed E-state index contributed by atoms with van der Waals surface area (Å²) in [6, 6.07) is 71.6. The van der Waals surface area contributed by atoms with E-state index in [9.17, 15) is 0 Å². The van der Waals surface area contributed by atoms with E-state index in [4.69, 9.17) is 4.42 Å². The van der Waals surface area contributed by atoms with Crippen LogP contribution in [0.3, 0.4) is 0 Å². The Morgan fingerprint density at radius 1 is 0.394 bits per heavy atom. The first-order valence-corrected chi connectivity index (χ1v) is 25.6. The van der Waals surface area contributed by atoms with Gasteiger partial charge in [0.2, 0.25) is 0 Å². The molecule has 0 atom stereocenters. The summed E-state index contributed by atoms with van der Waals surface area (Å²) >= 11 is 0. The number of furan rings is 1. The van der Waals surface area contributed by atoms with Gasteiger partial charge < -0.3 is 9.32 Å². The Balaban J connectivity index is 1.07. The first-order chi connectivity index (χ1) is 34.0. The summed E-state index contributed by atoms with van der Waals surface area (Å²) in [5.74, 6) is 0. The molecule has 71 heavy (non-hydrogen) atoms. The molecule has 0 radical (unpaired) electrons. The molecule has 3 aliphatic carbocycles. The van der Waals surface area contributed by atoms with Crippen LogP contribution in [0.1, 0.15) is 125 Å². The summed E-state index contributed by atoms with van der Waals surface area (Å²) < 4.78 is 7.05. The normalized spacial score (nSPS) is 15.5. The minimum atomic E-state index is -0.539. The molecular formula is C69H61NO. The Bertz CT molecular complexity index is 3800. The van der Waals surface area contributed by atoms with Crippen LogP contribution < -0.4 is 4.90 Å². The van der Waals surface area contributed by atoms with Crippen LogP contribution in [0.25, 0.3) is 55.3 Å². The fourth-order valence-electron chi connectivity index (χ4n) is 13.2. The van der Waals surface area contributed by atoms with Gasteiger partial charge in [0.25, 0.3) is 0 Å². The van der Waals surface area contributed by atoms with Crippen LogP contribution in [0.5, 0.6) is 0 Å². The molecule has 0 aliphatic heterocycles. The van der Waals surface area contributed by atoms with Crippen molar-refractivity contribution in [3.05, 3.63) is 244 Å². The summed E-state index contributed by atoms with van der Waals surface area (Å²) in [6.45, 7) is 23.5. The molecule has 0 unspecified atom stereocenters. The molecule has 1 heterocycles. The molecule has 0 fully saturated rings. The maximum Gasteiger partial charge on any atom is 0.139 e. The van der Waals surface area contributed by atoms with Crippen molar-refractivity contribution in [3.8, 4) is 33.4 Å². The van der Waals surface area contributed by atoms with Crippen LogP contribution in [-0.2, 0) is 27.1 Å². The van der Waals surface area contributed by atoms with Crippen LogP contribution >= 0.6 is 0 Å². The van der Waals surface area contributed by atoms with Crippen molar-refractivity contribution in [2.45, 2.75) is 96.3 Å². The number of nitrogens with zero attached hydrogens (tertiary/aromatic N) is 1. The zero-order valence-corrected chi connectivity index (χ0v) is 42.8. The zero-order chi connectivity index (χ0) is 49.0. The quantitative estimate of drug-likeness (QED) is 0.171. The van der Waals surface area contributed by atoms with Gasteiger partial charge >= 0.3 is 0 Å². The van der Waals surface area contributed by atoms with E-state index < -0.39 is 5.41 Å². The second kappa shape index (κ2) is 14.8. The van der Waals surface area contributed by atoms with Gasteiger partial charge in [-0.25, -0.2) is 0 Å². The molecule has 10 aromatic rings. The highest BCUT2D eigenvalue weighted by Gasteiger charge is 2.47. The molecule has 0 saturated heterocycles. The largest absolute Gasteiger partial charge is 0.456 e. The second-order valence-corrected chi connectivity index (χ2v) is 23.7. The van der Waals surface area contributed by atoms with E-state index >= 15 is 0 Å². The predicted octanol–water partition coefficient (Wildman–Crippen LogP) is 18.6. The average Bonchev–Trinajstić information content (AvgIpc) is 4.02. The number of fused-ring (bicyclic) bond motifs is 12. The van der Waals surface area contributed by atoms with Gasteiger partial charge in [-0.05, 0) is 143 Å². The monoisotopic (exact) mass is 919 g/mol. The highest BCUT2D eigenvalue weighted by atomic mass is 16.3. The molecule has 2 heteroatoms. The number of anilines is 3. The van der Waals surface area contributed by atoms with Crippen molar-refractivity contribution >= 4 is 39.0 Å². The van der Waals surface area contributed by atoms with Gasteiger partial charge in [-0.15, -0.1) is 0 Å². The molecule has 2 nitrogen and oxygen atoms in total. The van der Waals surface area contributed by atoms with E-state index in [1.807, 2.05) is 0 Å². The number of hydrogen-bond donors (Lipinski definition) is 0. The third-order valence-electron chi connectivity index (χ3n) is 16.8. The Morgan fingerprint density at radius 2 is 0.958 bits per heavy atom. The molecule has 13 rings (SSSR count). The minimum absolute atomic E-state index is 0.0143. The number of hydrogen-bond acceptors (Lipinski definition) is 2. The first-order valence-electron chi connectivity index (χ1n) is 25.6. The summed E-state index contributed by atoms with van der Waals surface area (Å²) in [4.78, 5) is 2.57. The van der Waals surface area contributed by atoms with E-state index in [0.29, 0.717) is 0 Å². The molecule has 0 amide bonds. The number of rotatable bonds is 5. The Labute approximate surface area is 419 Å². The van der Waals surface area contributed by atoms with Crippen molar-refractivity contribution in [2.75, 3.05) is 4.90 Å². The third kappa shape index (κ3) is 6.07. The van der Waals surface area contributed by atoms with E-state index in [1.54, 1.807) is 0 Å². The van der Waals surface area contributed by atoms with E-state index in [0.717, 1.165) is 22.5 Å². The Hall–Kier alpha value is -7.42. The lowest BCUT2D eigenvalue weighted by molar-refractivity contribution is 0.559. The standard InChI is InChI=1S/C69H61NO/c1-65(2,3)44-37-54-53-40-52-51-29-21-33-61(63(51)68(9,10)59(52)41-62(53)71-64(54)60(38-44)66(4,5)6)70(46-34-35-50-47-26-14-17-30-55(47)67(7,8)58(50)39-46)45-25-20-24-43(36-45)69(42-22-12-11-13-23-42)56-31-18-15-27-48(56)49-28-16-19-32-57(49)69/h11-41H,1-10H3. The van der Waals surface area contributed by atoms with Gasteiger partial charge in [0, 0.05) is 38.5 Å². The van der Waals surface area contributed by atoms with Crippen molar-refractivity contribution in [1.29, 1.82) is 0 Å². The molecule has 9 aromatic carbocycles. The van der Waals surface area contributed by atoms with Gasteiger partial charge in [0.05, 0.1) is 11.1 Å². The minimum Gasteiger partial charge on any atom is -0.456 e. The lowest BCUT2D eigenvalue weighted by Crippen LogP contribution is -2.29. The number of benzene rings is 9. The van der Waals surface area contributed by atoms with Crippen LogP contribution in [-0.4, -0.2) is 0 Å². The topological polar surface area (TPSA) is 16.4 Å². The summed E-state index contributed by atoms with van der Waals surface area (Å²) in [5.41, 5.74) is 25.1. The van der Waals surface area contributed by atoms with Gasteiger partial charge in [-0.3, -0.25) is 0 Å². The van der Waals surface area contributed by atoms with Gasteiger partial charge in [0.1, 0.15) is 11.2 Å². The van der Waals surface area contributed by atoms with Crippen LogP contribution in [0.15, 0.2) is 192 Å². The molecule has 0 N–H and O–H groups in total. The smallest absolute Gasteiger partial charge is 0.139 e. The van der Waals surface area contributed by atoms with Gasteiger partial charge in [0.15, 0.2) is 0 Å². The first kappa shape index (κ1) is 43.6. The molecular weight excluding hydrogens is 859 g/mol. The Morgan fingerprint density at radius 3 is 1.63 bits per heavy atom. The van der Waals surface area contributed by atoms with Gasteiger partial charge in [-0.2, -0.15) is 0 Å². The molecule has 0 bridgehead atoms. The summed E-state index contributed by atoms with van der Waals surface area (Å²) in [5, 5.41) is 2.38.